The van der Waals surface area contributed by atoms with E-state index in [0.29, 0.717) is 0 Å². The van der Waals surface area contributed by atoms with Gasteiger partial charge in [-0.2, -0.15) is 0 Å². The van der Waals surface area contributed by atoms with Crippen LogP contribution in [0.5, 0.6) is 0 Å². The Morgan fingerprint density at radius 3 is 2.76 bits per heavy atom. The molecule has 13 heteroatoms. The maximum atomic E-state index is 12.5. The smallest absolute Gasteiger partial charge is 0.353 e. The minimum Gasteiger partial charge on any atom is -0.477 e. The fourth-order valence-electron chi connectivity index (χ4n) is 3.30. The number of fused-ring (bicyclic) bond motifs is 1. The van der Waals surface area contributed by atoms with E-state index in [0.717, 1.165) is 16.2 Å². The third-order valence-corrected chi connectivity index (χ3v) is 5.20. The predicted octanol–water partition coefficient (Wildman–Crippen LogP) is -0.705. The number of nitrogens with zero attached hydrogens (tertiary/aromatic N) is 3. The molecule has 2 amide bonds. The third kappa shape index (κ3) is 3.51. The van der Waals surface area contributed by atoms with Gasteiger partial charge in [0.1, 0.15) is 17.4 Å². The Morgan fingerprint density at radius 1 is 1.48 bits per heavy atom. The standard InChI is InChI=1S/C16H17N5O7S/c1-2-28-15(26)6-3-4-8-10(13(23)21(8)11(6)14(24)25)19-12(22)9(20-27)7-5-29-16(17)18-7/h5,8,10,27H,2-4H2,1H3,(H2,17,18)(H,19,22)(H,24,25)/b20-9-/t8?,10-/m0/s1. The van der Waals surface area contributed by atoms with Crippen LogP contribution >= 0.6 is 11.3 Å². The predicted molar refractivity (Wildman–Crippen MR) is 97.9 cm³/mol. The van der Waals surface area contributed by atoms with Crippen LogP contribution in [0.25, 0.3) is 0 Å². The number of carboxylic acids is 1. The van der Waals surface area contributed by atoms with Crippen molar-refractivity contribution in [2.75, 3.05) is 12.3 Å². The van der Waals surface area contributed by atoms with E-state index in [2.05, 4.69) is 15.5 Å². The molecule has 0 aromatic carbocycles. The van der Waals surface area contributed by atoms with Gasteiger partial charge in [0.2, 0.25) is 0 Å². The molecular weight excluding hydrogens is 406 g/mol. The first-order chi connectivity index (χ1) is 13.8. The van der Waals surface area contributed by atoms with Crippen molar-refractivity contribution in [3.05, 3.63) is 22.3 Å². The summed E-state index contributed by atoms with van der Waals surface area (Å²) in [7, 11) is 0. The summed E-state index contributed by atoms with van der Waals surface area (Å²) >= 11 is 1.04. The van der Waals surface area contributed by atoms with Crippen molar-refractivity contribution in [2.24, 2.45) is 5.16 Å². The van der Waals surface area contributed by atoms with Gasteiger partial charge in [0.15, 0.2) is 10.8 Å². The summed E-state index contributed by atoms with van der Waals surface area (Å²) in [5.74, 6) is -3.80. The molecule has 5 N–H and O–H groups in total. The maximum Gasteiger partial charge on any atom is 0.353 e. The van der Waals surface area contributed by atoms with Gasteiger partial charge < -0.3 is 26.1 Å². The molecule has 0 spiro atoms. The number of anilines is 1. The van der Waals surface area contributed by atoms with Gasteiger partial charge in [0.05, 0.1) is 18.2 Å². The van der Waals surface area contributed by atoms with E-state index in [9.17, 15) is 24.3 Å². The number of nitrogens with one attached hydrogen (secondary N) is 1. The number of nitrogens with two attached hydrogens (primary N) is 1. The second-order valence-corrected chi connectivity index (χ2v) is 7.03. The van der Waals surface area contributed by atoms with Crippen LogP contribution in [0.15, 0.2) is 21.8 Å². The summed E-state index contributed by atoms with van der Waals surface area (Å²) in [5, 5.41) is 25.5. The molecule has 1 saturated heterocycles. The summed E-state index contributed by atoms with van der Waals surface area (Å²) < 4.78 is 4.87. The molecule has 154 valence electrons. The molecule has 0 saturated carbocycles. The molecule has 29 heavy (non-hydrogen) atoms. The highest BCUT2D eigenvalue weighted by molar-refractivity contribution is 7.13. The van der Waals surface area contributed by atoms with Crippen molar-refractivity contribution < 1.29 is 34.2 Å². The minimum absolute atomic E-state index is 0.0375. The quantitative estimate of drug-likeness (QED) is 0.151. The van der Waals surface area contributed by atoms with Crippen LogP contribution in [0, 0.1) is 0 Å². The van der Waals surface area contributed by atoms with Crippen LogP contribution in [0.4, 0.5) is 5.13 Å². The second kappa shape index (κ2) is 7.87. The lowest BCUT2D eigenvalue weighted by atomic mass is 9.83. The summed E-state index contributed by atoms with van der Waals surface area (Å²) in [4.78, 5) is 53.5. The van der Waals surface area contributed by atoms with Crippen molar-refractivity contribution in [2.45, 2.75) is 31.8 Å². The Morgan fingerprint density at radius 2 is 2.21 bits per heavy atom. The largest absolute Gasteiger partial charge is 0.477 e. The summed E-state index contributed by atoms with van der Waals surface area (Å²) in [6.07, 6.45) is 0.321. The van der Waals surface area contributed by atoms with Gasteiger partial charge in [-0.15, -0.1) is 11.3 Å². The Kier molecular flexibility index (Phi) is 5.50. The second-order valence-electron chi connectivity index (χ2n) is 6.14. The molecule has 0 radical (unpaired) electrons. The number of aliphatic carboxylic acids is 1. The zero-order valence-electron chi connectivity index (χ0n) is 15.1. The van der Waals surface area contributed by atoms with Gasteiger partial charge in [-0.25, -0.2) is 14.6 Å². The molecule has 0 bridgehead atoms. The number of esters is 1. The van der Waals surface area contributed by atoms with Crippen molar-refractivity contribution in [3.8, 4) is 0 Å². The van der Waals surface area contributed by atoms with E-state index in [1.54, 1.807) is 6.92 Å². The van der Waals surface area contributed by atoms with Crippen LogP contribution in [0.3, 0.4) is 0 Å². The molecule has 1 aromatic heterocycles. The molecular formula is C16H17N5O7S. The Labute approximate surface area is 167 Å². The number of hydrogen-bond donors (Lipinski definition) is 4. The first-order valence-corrected chi connectivity index (χ1v) is 9.39. The first kappa shape index (κ1) is 20.3. The summed E-state index contributed by atoms with van der Waals surface area (Å²) in [5.41, 5.74) is 4.57. The van der Waals surface area contributed by atoms with E-state index in [1.165, 1.54) is 5.38 Å². The van der Waals surface area contributed by atoms with Gasteiger partial charge in [-0.1, -0.05) is 5.16 Å². The fourth-order valence-corrected chi connectivity index (χ4v) is 3.85. The van der Waals surface area contributed by atoms with Gasteiger partial charge in [0.25, 0.3) is 11.8 Å². The zero-order chi connectivity index (χ0) is 21.3. The molecule has 1 unspecified atom stereocenters. The van der Waals surface area contributed by atoms with E-state index >= 15 is 0 Å². The molecule has 2 atom stereocenters. The number of hydrogen-bond acceptors (Lipinski definition) is 10. The minimum atomic E-state index is -1.44. The zero-order valence-corrected chi connectivity index (χ0v) is 15.9. The number of carbonyl (C=O) groups excluding carboxylic acids is 3. The lowest BCUT2D eigenvalue weighted by Crippen LogP contribution is -2.72. The highest BCUT2D eigenvalue weighted by Gasteiger charge is 2.54. The number of rotatable bonds is 6. The topological polar surface area (TPSA) is 185 Å². The normalized spacial score (nSPS) is 21.3. The van der Waals surface area contributed by atoms with Gasteiger partial charge in [-0.05, 0) is 19.8 Å². The lowest BCUT2D eigenvalue weighted by Gasteiger charge is -2.49. The van der Waals surface area contributed by atoms with Gasteiger partial charge in [0, 0.05) is 5.38 Å². The number of thiazole rings is 1. The third-order valence-electron chi connectivity index (χ3n) is 4.53. The summed E-state index contributed by atoms with van der Waals surface area (Å²) in [6.45, 7) is 1.65. The number of nitrogen functional groups attached to an aromatic ring is 1. The molecule has 3 heterocycles. The molecule has 0 aliphatic carbocycles. The monoisotopic (exact) mass is 423 g/mol. The number of oxime groups is 1. The highest BCUT2D eigenvalue weighted by Crippen LogP contribution is 2.37. The van der Waals surface area contributed by atoms with Crippen LogP contribution < -0.4 is 11.1 Å². The SMILES string of the molecule is CCOC(=O)C1=C(C(=O)O)N2C(=O)[C@@H](NC(=O)/C(=N\O)c3csc(N)n3)C2CC1. The van der Waals surface area contributed by atoms with Crippen LogP contribution in [0.1, 0.15) is 25.5 Å². The van der Waals surface area contributed by atoms with Crippen LogP contribution in [0.2, 0.25) is 0 Å². The average Bonchev–Trinajstić information content (AvgIpc) is 3.11. The summed E-state index contributed by atoms with van der Waals surface area (Å²) in [6, 6.07) is -1.69. The highest BCUT2D eigenvalue weighted by atomic mass is 32.1. The molecule has 1 fully saturated rings. The molecule has 1 aromatic rings. The van der Waals surface area contributed by atoms with Gasteiger partial charge >= 0.3 is 11.9 Å². The number of β-lactam (4-membered cyclic amide) rings is 1. The maximum absolute atomic E-state index is 12.5. The number of aromatic nitrogens is 1. The van der Waals surface area contributed by atoms with E-state index in [-0.39, 0.29) is 35.8 Å². The molecule has 3 rings (SSSR count). The number of carboxylic acid groups (broad SMARTS) is 1. The Hall–Kier alpha value is -3.48. The average molecular weight is 423 g/mol. The van der Waals surface area contributed by atoms with Crippen LogP contribution in [-0.2, 0) is 23.9 Å². The number of amides is 2. The number of ether oxygens (including phenoxy) is 1. The fraction of sp³-hybridized carbons (Fsp3) is 0.375. The first-order valence-electron chi connectivity index (χ1n) is 8.51. The van der Waals surface area contributed by atoms with Crippen molar-refractivity contribution in [1.82, 2.24) is 15.2 Å². The van der Waals surface area contributed by atoms with Crippen molar-refractivity contribution >= 4 is 45.9 Å². The Balaban J connectivity index is 1.79. The molecule has 2 aliphatic heterocycles. The number of carbonyl (C=O) groups is 4. The van der Waals surface area contributed by atoms with Gasteiger partial charge in [-0.3, -0.25) is 14.5 Å². The van der Waals surface area contributed by atoms with E-state index in [1.807, 2.05) is 0 Å². The van der Waals surface area contributed by atoms with E-state index in [4.69, 9.17) is 15.7 Å². The van der Waals surface area contributed by atoms with Crippen molar-refractivity contribution in [3.63, 3.8) is 0 Å². The van der Waals surface area contributed by atoms with Crippen LogP contribution in [-0.4, -0.2) is 68.4 Å². The molecule has 2 aliphatic rings. The Bertz CT molecular complexity index is 953. The lowest BCUT2D eigenvalue weighted by molar-refractivity contribution is -0.156. The van der Waals surface area contributed by atoms with E-state index < -0.39 is 47.2 Å². The molecule has 12 nitrogen and oxygen atoms in total. The van der Waals surface area contributed by atoms with Crippen molar-refractivity contribution in [1.29, 1.82) is 0 Å².